The molecule has 0 aliphatic carbocycles. The van der Waals surface area contributed by atoms with Crippen molar-refractivity contribution < 1.29 is 13.2 Å². The van der Waals surface area contributed by atoms with Crippen molar-refractivity contribution in [2.24, 2.45) is 5.92 Å². The van der Waals surface area contributed by atoms with Gasteiger partial charge in [0.15, 0.2) is 0 Å². The van der Waals surface area contributed by atoms with Crippen molar-refractivity contribution in [2.45, 2.75) is 50.6 Å². The molecule has 1 aromatic carbocycles. The van der Waals surface area contributed by atoms with E-state index in [1.165, 1.54) is 22.7 Å². The summed E-state index contributed by atoms with van der Waals surface area (Å²) in [6, 6.07) is 7.44. The van der Waals surface area contributed by atoms with Gasteiger partial charge in [-0.25, -0.2) is 8.42 Å². The molecule has 1 aromatic rings. The fraction of sp³-hybridized carbons (Fsp3) is 0.684. The van der Waals surface area contributed by atoms with Crippen molar-refractivity contribution in [1.82, 2.24) is 9.21 Å². The third-order valence-corrected chi connectivity index (χ3v) is 7.89. The van der Waals surface area contributed by atoms with Crippen molar-refractivity contribution in [3.63, 3.8) is 0 Å². The molecule has 2 aliphatic heterocycles. The van der Waals surface area contributed by atoms with Gasteiger partial charge in [-0.15, -0.1) is 0 Å². The average molecular weight is 367 g/mol. The van der Waals surface area contributed by atoms with E-state index in [0.717, 1.165) is 13.1 Å². The zero-order valence-electron chi connectivity index (χ0n) is 15.6. The van der Waals surface area contributed by atoms with Gasteiger partial charge in [-0.1, -0.05) is 26.0 Å². The van der Waals surface area contributed by atoms with Crippen LogP contribution in [0, 0.1) is 5.92 Å². The maximum atomic E-state index is 12.7. The number of rotatable bonds is 5. The van der Waals surface area contributed by atoms with Crippen molar-refractivity contribution >= 4 is 10.0 Å². The van der Waals surface area contributed by atoms with Crippen LogP contribution >= 0.6 is 0 Å². The van der Waals surface area contributed by atoms with Gasteiger partial charge in [-0.05, 0) is 49.9 Å². The van der Waals surface area contributed by atoms with Gasteiger partial charge in [0.25, 0.3) is 0 Å². The first-order valence-electron chi connectivity index (χ1n) is 9.26. The summed E-state index contributed by atoms with van der Waals surface area (Å²) >= 11 is 0. The van der Waals surface area contributed by atoms with Crippen LogP contribution in [0.5, 0.6) is 0 Å². The van der Waals surface area contributed by atoms with E-state index >= 15 is 0 Å². The number of hydrogen-bond acceptors (Lipinski definition) is 4. The van der Waals surface area contributed by atoms with Crippen LogP contribution in [0.15, 0.2) is 29.2 Å². The number of hydrogen-bond donors (Lipinski definition) is 0. The zero-order valence-corrected chi connectivity index (χ0v) is 16.4. The largest absolute Gasteiger partial charge is 0.379 e. The molecule has 2 saturated heterocycles. The first-order chi connectivity index (χ1) is 11.8. The monoisotopic (exact) mass is 366 g/mol. The Labute approximate surface area is 152 Å². The van der Waals surface area contributed by atoms with Gasteiger partial charge in [0, 0.05) is 25.2 Å². The topological polar surface area (TPSA) is 49.9 Å². The lowest BCUT2D eigenvalue weighted by Crippen LogP contribution is -2.44. The molecule has 0 amide bonds. The summed E-state index contributed by atoms with van der Waals surface area (Å²) in [7, 11) is -3.40. The highest BCUT2D eigenvalue weighted by molar-refractivity contribution is 7.89. The van der Waals surface area contributed by atoms with Gasteiger partial charge in [0.1, 0.15) is 0 Å². The molecule has 2 fully saturated rings. The van der Waals surface area contributed by atoms with E-state index in [-0.39, 0.29) is 5.54 Å². The zero-order chi connectivity index (χ0) is 18.1. The Morgan fingerprint density at radius 3 is 2.36 bits per heavy atom. The molecule has 0 N–H and O–H groups in total. The lowest BCUT2D eigenvalue weighted by atomic mass is 9.86. The van der Waals surface area contributed by atoms with Crippen molar-refractivity contribution in [1.29, 1.82) is 0 Å². The minimum Gasteiger partial charge on any atom is -0.379 e. The first-order valence-corrected chi connectivity index (χ1v) is 10.7. The third kappa shape index (κ3) is 3.77. The fourth-order valence-electron chi connectivity index (χ4n) is 3.88. The highest BCUT2D eigenvalue weighted by atomic mass is 32.2. The summed E-state index contributed by atoms with van der Waals surface area (Å²) < 4.78 is 32.2. The maximum Gasteiger partial charge on any atom is 0.243 e. The number of nitrogens with zero attached hydrogens (tertiary/aromatic N) is 2. The number of likely N-dealkylation sites (tertiary alicyclic amines) is 1. The van der Waals surface area contributed by atoms with Gasteiger partial charge >= 0.3 is 0 Å². The third-order valence-electron chi connectivity index (χ3n) is 5.98. The standard InChI is InChI=1S/C19H30N2O3S/c1-16(2)19(3)9-4-10-20(19)15-17-5-7-18(8-6-17)25(22,23)21-11-13-24-14-12-21/h5-8,16H,4,9-15H2,1-3H3. The molecule has 3 rings (SSSR count). The summed E-state index contributed by atoms with van der Waals surface area (Å²) in [4.78, 5) is 2.93. The molecule has 140 valence electrons. The molecule has 1 unspecified atom stereocenters. The van der Waals surface area contributed by atoms with Gasteiger partial charge in [-0.3, -0.25) is 4.90 Å². The normalized spacial score (nSPS) is 26.4. The van der Waals surface area contributed by atoms with Crippen LogP contribution in [-0.2, 0) is 21.3 Å². The van der Waals surface area contributed by atoms with E-state index in [0.29, 0.717) is 37.1 Å². The lowest BCUT2D eigenvalue weighted by molar-refractivity contribution is 0.0730. The van der Waals surface area contributed by atoms with Gasteiger partial charge in [-0.2, -0.15) is 4.31 Å². The second-order valence-electron chi connectivity index (χ2n) is 7.70. The number of morpholine rings is 1. The Bertz CT molecular complexity index is 681. The second kappa shape index (κ2) is 7.35. The second-order valence-corrected chi connectivity index (χ2v) is 9.64. The van der Waals surface area contributed by atoms with Gasteiger partial charge < -0.3 is 4.74 Å². The molecule has 6 heteroatoms. The van der Waals surface area contributed by atoms with Crippen molar-refractivity contribution in [2.75, 3.05) is 32.8 Å². The van der Waals surface area contributed by atoms with Gasteiger partial charge in [0.2, 0.25) is 10.0 Å². The van der Waals surface area contributed by atoms with Crippen LogP contribution in [0.4, 0.5) is 0 Å². The molecule has 0 saturated carbocycles. The molecule has 0 radical (unpaired) electrons. The van der Waals surface area contributed by atoms with Crippen LogP contribution in [0.1, 0.15) is 39.2 Å². The molecule has 0 spiro atoms. The van der Waals surface area contributed by atoms with Crippen LogP contribution in [-0.4, -0.2) is 56.0 Å². The van der Waals surface area contributed by atoms with Crippen molar-refractivity contribution in [3.8, 4) is 0 Å². The SMILES string of the molecule is CC(C)C1(C)CCCN1Cc1ccc(S(=O)(=O)N2CCOCC2)cc1. The van der Waals surface area contributed by atoms with Crippen LogP contribution in [0.2, 0.25) is 0 Å². The molecular weight excluding hydrogens is 336 g/mol. The summed E-state index contributed by atoms with van der Waals surface area (Å²) in [5.41, 5.74) is 1.41. The van der Waals surface area contributed by atoms with E-state index in [1.54, 1.807) is 12.1 Å². The highest BCUT2D eigenvalue weighted by Gasteiger charge is 2.38. The summed E-state index contributed by atoms with van der Waals surface area (Å²) in [6.45, 7) is 10.7. The highest BCUT2D eigenvalue weighted by Crippen LogP contribution is 2.36. The quantitative estimate of drug-likeness (QED) is 0.804. The van der Waals surface area contributed by atoms with E-state index in [1.807, 2.05) is 12.1 Å². The lowest BCUT2D eigenvalue weighted by Gasteiger charge is -2.39. The molecule has 0 aromatic heterocycles. The Hall–Kier alpha value is -0.950. The Morgan fingerprint density at radius 2 is 1.76 bits per heavy atom. The van der Waals surface area contributed by atoms with Crippen LogP contribution in [0.3, 0.4) is 0 Å². The Morgan fingerprint density at radius 1 is 1.12 bits per heavy atom. The van der Waals surface area contributed by atoms with E-state index in [9.17, 15) is 8.42 Å². The molecule has 5 nitrogen and oxygen atoms in total. The molecular formula is C19H30N2O3S. The summed E-state index contributed by atoms with van der Waals surface area (Å²) in [5.74, 6) is 0.607. The maximum absolute atomic E-state index is 12.7. The average Bonchev–Trinajstić information content (AvgIpc) is 2.98. The van der Waals surface area contributed by atoms with Crippen LogP contribution in [0.25, 0.3) is 0 Å². The number of ether oxygens (including phenoxy) is 1. The van der Waals surface area contributed by atoms with E-state index < -0.39 is 10.0 Å². The fourth-order valence-corrected chi connectivity index (χ4v) is 5.29. The summed E-state index contributed by atoms with van der Waals surface area (Å²) in [6.07, 6.45) is 2.46. The molecule has 2 aliphatic rings. The molecule has 25 heavy (non-hydrogen) atoms. The molecule has 2 heterocycles. The van der Waals surface area contributed by atoms with Crippen molar-refractivity contribution in [3.05, 3.63) is 29.8 Å². The Kier molecular flexibility index (Phi) is 5.54. The molecule has 0 bridgehead atoms. The molecule has 1 atom stereocenters. The smallest absolute Gasteiger partial charge is 0.243 e. The Balaban J connectivity index is 1.72. The van der Waals surface area contributed by atoms with Gasteiger partial charge in [0.05, 0.1) is 18.1 Å². The predicted molar refractivity (Wildman–Crippen MR) is 98.9 cm³/mol. The first kappa shape index (κ1) is 18.8. The predicted octanol–water partition coefficient (Wildman–Crippen LogP) is 2.72. The number of benzene rings is 1. The minimum atomic E-state index is -3.40. The van der Waals surface area contributed by atoms with Crippen LogP contribution < -0.4 is 0 Å². The van der Waals surface area contributed by atoms with E-state index in [4.69, 9.17) is 4.74 Å². The summed E-state index contributed by atoms with van der Waals surface area (Å²) in [5, 5.41) is 0. The number of sulfonamides is 1. The van der Waals surface area contributed by atoms with E-state index in [2.05, 4.69) is 25.7 Å². The minimum absolute atomic E-state index is 0.235.